The van der Waals surface area contributed by atoms with Crippen molar-refractivity contribution in [1.29, 1.82) is 0 Å². The number of hydrogen-bond acceptors (Lipinski definition) is 5. The minimum absolute atomic E-state index is 0.143. The van der Waals surface area contributed by atoms with Crippen LogP contribution >= 0.6 is 0 Å². The van der Waals surface area contributed by atoms with Crippen LogP contribution in [0.25, 0.3) is 11.0 Å². The molecule has 1 saturated heterocycles. The molecule has 1 atom stereocenters. The standard InChI is InChI=1S/C22H28N6O/c1-15(22(29)28-12-6-3-7-13-28)23-21-14-17(24-16(2)25-21)10-11-20-26-18-8-4-5-9-19(18)27-20/h4-5,8-9,14-15H,3,6-7,10-13H2,1-2H3,(H,26,27)(H,23,24,25)/t15-/m0/s1. The second kappa shape index (κ2) is 8.59. The highest BCUT2D eigenvalue weighted by Crippen LogP contribution is 2.15. The van der Waals surface area contributed by atoms with E-state index in [1.807, 2.05) is 49.1 Å². The molecule has 2 N–H and O–H groups in total. The molecule has 1 aliphatic rings. The Hall–Kier alpha value is -2.96. The summed E-state index contributed by atoms with van der Waals surface area (Å²) in [5, 5.41) is 3.27. The lowest BCUT2D eigenvalue weighted by Gasteiger charge is -2.29. The Morgan fingerprint density at radius 2 is 1.93 bits per heavy atom. The summed E-state index contributed by atoms with van der Waals surface area (Å²) in [6.07, 6.45) is 4.93. The molecule has 7 heteroatoms. The fraction of sp³-hybridized carbons (Fsp3) is 0.455. The highest BCUT2D eigenvalue weighted by Gasteiger charge is 2.22. The smallest absolute Gasteiger partial charge is 0.244 e. The number of carbonyl (C=O) groups is 1. The van der Waals surface area contributed by atoms with Crippen LogP contribution in [0.5, 0.6) is 0 Å². The number of aromatic amines is 1. The van der Waals surface area contributed by atoms with Crippen molar-refractivity contribution in [3.8, 4) is 0 Å². The lowest BCUT2D eigenvalue weighted by molar-refractivity contribution is -0.132. The Kier molecular flexibility index (Phi) is 5.74. The zero-order valence-electron chi connectivity index (χ0n) is 17.1. The second-order valence-electron chi connectivity index (χ2n) is 7.74. The number of amides is 1. The Balaban J connectivity index is 1.40. The number of piperidine rings is 1. The molecule has 0 saturated carbocycles. The average Bonchev–Trinajstić information content (AvgIpc) is 3.15. The van der Waals surface area contributed by atoms with Crippen molar-refractivity contribution in [2.75, 3.05) is 18.4 Å². The number of aromatic nitrogens is 4. The van der Waals surface area contributed by atoms with Crippen LogP contribution in [0.4, 0.5) is 5.82 Å². The number of nitrogens with one attached hydrogen (secondary N) is 2. The van der Waals surface area contributed by atoms with Crippen LogP contribution < -0.4 is 5.32 Å². The molecular weight excluding hydrogens is 364 g/mol. The first-order valence-corrected chi connectivity index (χ1v) is 10.4. The molecule has 152 valence electrons. The monoisotopic (exact) mass is 392 g/mol. The van der Waals surface area contributed by atoms with Crippen molar-refractivity contribution in [2.45, 2.75) is 52.0 Å². The van der Waals surface area contributed by atoms with E-state index >= 15 is 0 Å². The van der Waals surface area contributed by atoms with E-state index < -0.39 is 0 Å². The zero-order valence-corrected chi connectivity index (χ0v) is 17.1. The van der Waals surface area contributed by atoms with E-state index in [4.69, 9.17) is 0 Å². The van der Waals surface area contributed by atoms with Crippen molar-refractivity contribution in [2.24, 2.45) is 0 Å². The molecular formula is C22H28N6O. The van der Waals surface area contributed by atoms with E-state index in [9.17, 15) is 4.79 Å². The van der Waals surface area contributed by atoms with Crippen LogP contribution in [0.2, 0.25) is 0 Å². The number of hydrogen-bond donors (Lipinski definition) is 2. The number of H-pyrrole nitrogens is 1. The molecule has 2 aromatic heterocycles. The lowest BCUT2D eigenvalue weighted by atomic mass is 10.1. The number of imidazole rings is 1. The number of carbonyl (C=O) groups excluding carboxylic acids is 1. The lowest BCUT2D eigenvalue weighted by Crippen LogP contribution is -2.44. The molecule has 3 aromatic rings. The van der Waals surface area contributed by atoms with E-state index in [-0.39, 0.29) is 11.9 Å². The predicted molar refractivity (Wildman–Crippen MR) is 114 cm³/mol. The molecule has 4 rings (SSSR count). The summed E-state index contributed by atoms with van der Waals surface area (Å²) in [4.78, 5) is 31.7. The maximum atomic E-state index is 12.7. The van der Waals surface area contributed by atoms with Crippen molar-refractivity contribution in [1.82, 2.24) is 24.8 Å². The summed E-state index contributed by atoms with van der Waals surface area (Å²) in [5.41, 5.74) is 2.97. The molecule has 7 nitrogen and oxygen atoms in total. The van der Waals surface area contributed by atoms with Gasteiger partial charge in [-0.3, -0.25) is 4.79 Å². The maximum Gasteiger partial charge on any atom is 0.244 e. The third kappa shape index (κ3) is 4.72. The van der Waals surface area contributed by atoms with E-state index in [0.717, 1.165) is 61.3 Å². The number of fused-ring (bicyclic) bond motifs is 1. The van der Waals surface area contributed by atoms with Crippen LogP contribution in [-0.4, -0.2) is 49.9 Å². The third-order valence-corrected chi connectivity index (χ3v) is 5.35. The minimum Gasteiger partial charge on any atom is -0.359 e. The third-order valence-electron chi connectivity index (χ3n) is 5.35. The summed E-state index contributed by atoms with van der Waals surface area (Å²) in [6.45, 7) is 5.50. The number of benzene rings is 1. The quantitative estimate of drug-likeness (QED) is 0.672. The van der Waals surface area contributed by atoms with Gasteiger partial charge in [0, 0.05) is 31.3 Å². The van der Waals surface area contributed by atoms with Gasteiger partial charge in [-0.25, -0.2) is 15.0 Å². The van der Waals surface area contributed by atoms with Crippen LogP contribution in [0, 0.1) is 6.92 Å². The largest absolute Gasteiger partial charge is 0.359 e. The Morgan fingerprint density at radius 1 is 1.14 bits per heavy atom. The van der Waals surface area contributed by atoms with Gasteiger partial charge in [-0.15, -0.1) is 0 Å². The number of rotatable bonds is 6. The number of anilines is 1. The number of aryl methyl sites for hydroxylation is 3. The normalized spacial score (nSPS) is 15.4. The van der Waals surface area contributed by atoms with Gasteiger partial charge in [0.25, 0.3) is 0 Å². The maximum absolute atomic E-state index is 12.7. The van der Waals surface area contributed by atoms with Gasteiger partial charge >= 0.3 is 0 Å². The number of nitrogens with zero attached hydrogens (tertiary/aromatic N) is 4. The van der Waals surface area contributed by atoms with Gasteiger partial charge in [0.05, 0.1) is 11.0 Å². The van der Waals surface area contributed by atoms with Crippen LogP contribution in [0.1, 0.15) is 43.5 Å². The first-order valence-electron chi connectivity index (χ1n) is 10.4. The molecule has 1 fully saturated rings. The Labute approximate surface area is 171 Å². The number of para-hydroxylation sites is 2. The molecule has 3 heterocycles. The molecule has 0 bridgehead atoms. The molecule has 0 aliphatic carbocycles. The van der Waals surface area contributed by atoms with E-state index in [0.29, 0.717) is 11.6 Å². The summed E-state index contributed by atoms with van der Waals surface area (Å²) in [6, 6.07) is 9.67. The molecule has 29 heavy (non-hydrogen) atoms. The second-order valence-corrected chi connectivity index (χ2v) is 7.74. The first kappa shape index (κ1) is 19.4. The van der Waals surface area contributed by atoms with Gasteiger partial charge in [-0.2, -0.15) is 0 Å². The average molecular weight is 393 g/mol. The summed E-state index contributed by atoms with van der Waals surface area (Å²) >= 11 is 0. The minimum atomic E-state index is -0.300. The Morgan fingerprint density at radius 3 is 2.72 bits per heavy atom. The van der Waals surface area contributed by atoms with Crippen LogP contribution in [0.3, 0.4) is 0 Å². The highest BCUT2D eigenvalue weighted by molar-refractivity contribution is 5.84. The predicted octanol–water partition coefficient (Wildman–Crippen LogP) is 3.26. The van der Waals surface area contributed by atoms with E-state index in [1.165, 1.54) is 6.42 Å². The highest BCUT2D eigenvalue weighted by atomic mass is 16.2. The van der Waals surface area contributed by atoms with Crippen molar-refractivity contribution >= 4 is 22.8 Å². The molecule has 0 spiro atoms. The van der Waals surface area contributed by atoms with Crippen LogP contribution in [-0.2, 0) is 17.6 Å². The van der Waals surface area contributed by atoms with Gasteiger partial charge in [-0.1, -0.05) is 12.1 Å². The van der Waals surface area contributed by atoms with Gasteiger partial charge in [0.1, 0.15) is 23.5 Å². The van der Waals surface area contributed by atoms with Gasteiger partial charge in [0.15, 0.2) is 0 Å². The fourth-order valence-corrected chi connectivity index (χ4v) is 3.87. The van der Waals surface area contributed by atoms with Crippen LogP contribution in [0.15, 0.2) is 30.3 Å². The van der Waals surface area contributed by atoms with Gasteiger partial charge < -0.3 is 15.2 Å². The molecule has 0 radical (unpaired) electrons. The van der Waals surface area contributed by atoms with Gasteiger partial charge in [-0.05, 0) is 51.7 Å². The zero-order chi connectivity index (χ0) is 20.2. The molecule has 1 aliphatic heterocycles. The molecule has 1 aromatic carbocycles. The van der Waals surface area contributed by atoms with Crippen molar-refractivity contribution < 1.29 is 4.79 Å². The molecule has 0 unspecified atom stereocenters. The topological polar surface area (TPSA) is 86.8 Å². The summed E-state index contributed by atoms with van der Waals surface area (Å²) < 4.78 is 0. The first-order chi connectivity index (χ1) is 14.1. The van der Waals surface area contributed by atoms with Crippen molar-refractivity contribution in [3.05, 3.63) is 47.7 Å². The Bertz CT molecular complexity index is 959. The van der Waals surface area contributed by atoms with E-state index in [2.05, 4.69) is 25.3 Å². The van der Waals surface area contributed by atoms with E-state index in [1.54, 1.807) is 0 Å². The van der Waals surface area contributed by atoms with Crippen molar-refractivity contribution in [3.63, 3.8) is 0 Å². The number of likely N-dealkylation sites (tertiary alicyclic amines) is 1. The summed E-state index contributed by atoms with van der Waals surface area (Å²) in [7, 11) is 0. The fourth-order valence-electron chi connectivity index (χ4n) is 3.87. The SMILES string of the molecule is Cc1nc(CCc2nc3ccccc3[nH]2)cc(N[C@@H](C)C(=O)N2CCCCC2)n1. The van der Waals surface area contributed by atoms with Gasteiger partial charge in [0.2, 0.25) is 5.91 Å². The molecule has 1 amide bonds. The summed E-state index contributed by atoms with van der Waals surface area (Å²) in [5.74, 6) is 2.50.